The Balaban J connectivity index is 2.32. The van der Waals surface area contributed by atoms with Crippen LogP contribution in [0.25, 0.3) is 10.8 Å². The Labute approximate surface area is 125 Å². The summed E-state index contributed by atoms with van der Waals surface area (Å²) in [6, 6.07) is 11.9. The maximum Gasteiger partial charge on any atom is 0.136 e. The minimum Gasteiger partial charge on any atom is -0.490 e. The van der Waals surface area contributed by atoms with Crippen molar-refractivity contribution in [2.45, 2.75) is 26.9 Å². The van der Waals surface area contributed by atoms with Gasteiger partial charge in [-0.1, -0.05) is 35.5 Å². The van der Waals surface area contributed by atoms with Crippen LogP contribution in [0.15, 0.2) is 41.6 Å². The van der Waals surface area contributed by atoms with Gasteiger partial charge in [-0.15, -0.1) is 0 Å². The van der Waals surface area contributed by atoms with Gasteiger partial charge < -0.3 is 14.7 Å². The first-order chi connectivity index (χ1) is 10.1. The standard InChI is InChI=1S/C17H21NO3/c1-12(2)20-10-11-21-17-15(13(3)18-19)9-8-14-6-4-5-7-16(14)17/h4-9,12,19H,10-11H2,1-3H3. The summed E-state index contributed by atoms with van der Waals surface area (Å²) >= 11 is 0. The van der Waals surface area contributed by atoms with E-state index in [1.54, 1.807) is 6.92 Å². The van der Waals surface area contributed by atoms with Crippen LogP contribution in [0.3, 0.4) is 0 Å². The van der Waals surface area contributed by atoms with E-state index in [-0.39, 0.29) is 6.10 Å². The molecular weight excluding hydrogens is 266 g/mol. The van der Waals surface area contributed by atoms with Crippen LogP contribution in [0.4, 0.5) is 0 Å². The highest BCUT2D eigenvalue weighted by Gasteiger charge is 2.12. The van der Waals surface area contributed by atoms with Crippen molar-refractivity contribution in [2.24, 2.45) is 5.16 Å². The summed E-state index contributed by atoms with van der Waals surface area (Å²) in [5.41, 5.74) is 1.32. The normalized spacial score (nSPS) is 12.1. The number of fused-ring (bicyclic) bond motifs is 1. The molecule has 0 atom stereocenters. The first kappa shape index (κ1) is 15.3. The van der Waals surface area contributed by atoms with Gasteiger partial charge in [0.25, 0.3) is 0 Å². The molecular formula is C17H21NO3. The molecule has 0 aliphatic heterocycles. The molecule has 0 aromatic heterocycles. The second-order valence-corrected chi connectivity index (χ2v) is 5.12. The van der Waals surface area contributed by atoms with Gasteiger partial charge in [0.05, 0.1) is 18.4 Å². The van der Waals surface area contributed by atoms with Crippen LogP contribution in [-0.2, 0) is 4.74 Å². The van der Waals surface area contributed by atoms with Crippen LogP contribution in [-0.4, -0.2) is 30.2 Å². The van der Waals surface area contributed by atoms with Crippen molar-refractivity contribution in [1.29, 1.82) is 0 Å². The Bertz CT molecular complexity index is 635. The maximum atomic E-state index is 9.04. The van der Waals surface area contributed by atoms with E-state index in [1.165, 1.54) is 0 Å². The molecule has 0 aliphatic carbocycles. The molecule has 0 aliphatic rings. The van der Waals surface area contributed by atoms with E-state index in [0.717, 1.165) is 22.1 Å². The van der Waals surface area contributed by atoms with E-state index in [0.29, 0.717) is 18.9 Å². The summed E-state index contributed by atoms with van der Waals surface area (Å²) in [7, 11) is 0. The lowest BCUT2D eigenvalue weighted by Gasteiger charge is -2.15. The molecule has 0 saturated carbocycles. The fourth-order valence-corrected chi connectivity index (χ4v) is 2.16. The summed E-state index contributed by atoms with van der Waals surface area (Å²) in [6.45, 7) is 6.72. The average molecular weight is 287 g/mol. The van der Waals surface area contributed by atoms with Crippen molar-refractivity contribution < 1.29 is 14.7 Å². The number of hydrogen-bond donors (Lipinski definition) is 1. The van der Waals surface area contributed by atoms with Crippen molar-refractivity contribution in [3.8, 4) is 5.75 Å². The monoisotopic (exact) mass is 287 g/mol. The van der Waals surface area contributed by atoms with Crippen LogP contribution in [0.5, 0.6) is 5.75 Å². The quantitative estimate of drug-likeness (QED) is 0.380. The minimum atomic E-state index is 0.182. The zero-order chi connectivity index (χ0) is 15.2. The fourth-order valence-electron chi connectivity index (χ4n) is 2.16. The molecule has 1 N–H and O–H groups in total. The van der Waals surface area contributed by atoms with E-state index >= 15 is 0 Å². The predicted octanol–water partition coefficient (Wildman–Crippen LogP) is 3.84. The van der Waals surface area contributed by atoms with Gasteiger partial charge in [0.1, 0.15) is 12.4 Å². The lowest BCUT2D eigenvalue weighted by molar-refractivity contribution is 0.0555. The molecule has 2 rings (SSSR count). The Morgan fingerprint density at radius 1 is 1.14 bits per heavy atom. The highest BCUT2D eigenvalue weighted by molar-refractivity contribution is 6.06. The maximum absolute atomic E-state index is 9.04. The van der Waals surface area contributed by atoms with Gasteiger partial charge in [0.15, 0.2) is 0 Å². The molecule has 0 spiro atoms. The van der Waals surface area contributed by atoms with Gasteiger partial charge in [-0.2, -0.15) is 0 Å². The molecule has 0 heterocycles. The zero-order valence-electron chi connectivity index (χ0n) is 12.7. The molecule has 21 heavy (non-hydrogen) atoms. The number of hydrogen-bond acceptors (Lipinski definition) is 4. The number of nitrogens with zero attached hydrogens (tertiary/aromatic N) is 1. The van der Waals surface area contributed by atoms with Crippen molar-refractivity contribution in [3.63, 3.8) is 0 Å². The van der Waals surface area contributed by atoms with Crippen LogP contribution < -0.4 is 4.74 Å². The third-order valence-electron chi connectivity index (χ3n) is 3.20. The van der Waals surface area contributed by atoms with E-state index < -0.39 is 0 Å². The van der Waals surface area contributed by atoms with Gasteiger partial charge in [0, 0.05) is 10.9 Å². The van der Waals surface area contributed by atoms with Crippen molar-refractivity contribution in [2.75, 3.05) is 13.2 Å². The van der Waals surface area contributed by atoms with Crippen LogP contribution in [0, 0.1) is 0 Å². The smallest absolute Gasteiger partial charge is 0.136 e. The molecule has 4 nitrogen and oxygen atoms in total. The van der Waals surface area contributed by atoms with Gasteiger partial charge in [-0.05, 0) is 32.2 Å². The molecule has 0 radical (unpaired) electrons. The number of oxime groups is 1. The molecule has 0 amide bonds. The number of benzene rings is 2. The summed E-state index contributed by atoms with van der Waals surface area (Å²) in [5, 5.41) is 14.4. The van der Waals surface area contributed by atoms with Crippen molar-refractivity contribution in [1.82, 2.24) is 0 Å². The third kappa shape index (κ3) is 3.73. The van der Waals surface area contributed by atoms with Crippen molar-refractivity contribution in [3.05, 3.63) is 42.0 Å². The molecule has 2 aromatic carbocycles. The first-order valence-electron chi connectivity index (χ1n) is 7.08. The summed E-state index contributed by atoms with van der Waals surface area (Å²) in [6.07, 6.45) is 0.182. The summed E-state index contributed by atoms with van der Waals surface area (Å²) < 4.78 is 11.4. The fraction of sp³-hybridized carbons (Fsp3) is 0.353. The Kier molecular flexibility index (Phi) is 5.17. The zero-order valence-corrected chi connectivity index (χ0v) is 12.7. The predicted molar refractivity (Wildman–Crippen MR) is 84.5 cm³/mol. The van der Waals surface area contributed by atoms with Gasteiger partial charge >= 0.3 is 0 Å². The highest BCUT2D eigenvalue weighted by Crippen LogP contribution is 2.30. The summed E-state index contributed by atoms with van der Waals surface area (Å²) in [4.78, 5) is 0. The SMILES string of the molecule is CC(=NO)c1ccc2ccccc2c1OCCOC(C)C. The molecule has 0 saturated heterocycles. The molecule has 0 unspecified atom stereocenters. The molecule has 4 heteroatoms. The lowest BCUT2D eigenvalue weighted by Crippen LogP contribution is -2.12. The Morgan fingerprint density at radius 2 is 1.90 bits per heavy atom. The molecule has 0 fully saturated rings. The van der Waals surface area contributed by atoms with Gasteiger partial charge in [0.2, 0.25) is 0 Å². The van der Waals surface area contributed by atoms with Crippen LogP contribution >= 0.6 is 0 Å². The minimum absolute atomic E-state index is 0.182. The largest absolute Gasteiger partial charge is 0.490 e. The topological polar surface area (TPSA) is 51.1 Å². The first-order valence-corrected chi connectivity index (χ1v) is 7.08. The molecule has 0 bridgehead atoms. The third-order valence-corrected chi connectivity index (χ3v) is 3.20. The Morgan fingerprint density at radius 3 is 2.62 bits per heavy atom. The number of ether oxygens (including phenoxy) is 2. The van der Waals surface area contributed by atoms with Crippen molar-refractivity contribution >= 4 is 16.5 Å². The second kappa shape index (κ2) is 7.09. The molecule has 2 aromatic rings. The molecule has 112 valence electrons. The highest BCUT2D eigenvalue weighted by atomic mass is 16.5. The Hall–Kier alpha value is -2.07. The number of rotatable bonds is 6. The van der Waals surface area contributed by atoms with E-state index in [1.807, 2.05) is 50.2 Å². The van der Waals surface area contributed by atoms with Crippen LogP contribution in [0.2, 0.25) is 0 Å². The van der Waals surface area contributed by atoms with Gasteiger partial charge in [-0.25, -0.2) is 0 Å². The van der Waals surface area contributed by atoms with E-state index in [4.69, 9.17) is 14.7 Å². The lowest BCUT2D eigenvalue weighted by atomic mass is 10.0. The summed E-state index contributed by atoms with van der Waals surface area (Å²) in [5.74, 6) is 0.732. The van der Waals surface area contributed by atoms with Gasteiger partial charge in [-0.3, -0.25) is 0 Å². The second-order valence-electron chi connectivity index (χ2n) is 5.12. The average Bonchev–Trinajstić information content (AvgIpc) is 2.50. The van der Waals surface area contributed by atoms with E-state index in [9.17, 15) is 0 Å². The van der Waals surface area contributed by atoms with E-state index in [2.05, 4.69) is 5.16 Å². The van der Waals surface area contributed by atoms with Crippen LogP contribution in [0.1, 0.15) is 26.3 Å².